The van der Waals surface area contributed by atoms with E-state index in [1.54, 1.807) is 0 Å². The van der Waals surface area contributed by atoms with E-state index in [-0.39, 0.29) is 12.0 Å². The second-order valence-electron chi connectivity index (χ2n) is 6.62. The highest BCUT2D eigenvalue weighted by atomic mass is 16.5. The number of carbonyl (C=O) groups is 1. The van der Waals surface area contributed by atoms with Crippen molar-refractivity contribution in [2.24, 2.45) is 5.92 Å². The Kier molecular flexibility index (Phi) is 5.04. The molecule has 20 heavy (non-hydrogen) atoms. The van der Waals surface area contributed by atoms with Crippen molar-refractivity contribution in [1.29, 1.82) is 0 Å². The van der Waals surface area contributed by atoms with Crippen LogP contribution in [0, 0.1) is 5.92 Å². The van der Waals surface area contributed by atoms with Gasteiger partial charge >= 0.3 is 5.97 Å². The highest BCUT2D eigenvalue weighted by Crippen LogP contribution is 2.41. The van der Waals surface area contributed by atoms with Crippen molar-refractivity contribution >= 4 is 5.97 Å². The molecule has 116 valence electrons. The molecule has 0 spiro atoms. The van der Waals surface area contributed by atoms with Crippen molar-refractivity contribution in [2.45, 2.75) is 38.3 Å². The van der Waals surface area contributed by atoms with Crippen LogP contribution in [-0.2, 0) is 9.53 Å². The molecule has 1 saturated heterocycles. The van der Waals surface area contributed by atoms with Crippen LogP contribution in [0.1, 0.15) is 26.7 Å². The first kappa shape index (κ1) is 15.7. The molecule has 0 aromatic heterocycles. The molecule has 1 atom stereocenters. The third-order valence-electron chi connectivity index (χ3n) is 4.44. The van der Waals surface area contributed by atoms with Crippen LogP contribution in [0.15, 0.2) is 0 Å². The maximum absolute atomic E-state index is 12.5. The van der Waals surface area contributed by atoms with Gasteiger partial charge in [0.25, 0.3) is 0 Å². The zero-order valence-corrected chi connectivity index (χ0v) is 13.3. The number of hydrogen-bond acceptors (Lipinski definition) is 5. The molecule has 1 heterocycles. The molecule has 2 rings (SSSR count). The number of piperazine rings is 1. The van der Waals surface area contributed by atoms with Crippen LogP contribution in [0.25, 0.3) is 0 Å². The van der Waals surface area contributed by atoms with Gasteiger partial charge in [0.05, 0.1) is 7.11 Å². The topological polar surface area (TPSA) is 44.8 Å². The molecular formula is C15H29N3O2. The SMILES string of the molecule is COC(=O)C(CN1CCN(C)CC1)(NC(C)C)C1CC1. The Hall–Kier alpha value is -0.650. The summed E-state index contributed by atoms with van der Waals surface area (Å²) < 4.78 is 5.14. The quantitative estimate of drug-likeness (QED) is 0.722. The maximum Gasteiger partial charge on any atom is 0.327 e. The van der Waals surface area contributed by atoms with Crippen molar-refractivity contribution in [3.63, 3.8) is 0 Å². The molecule has 1 unspecified atom stereocenters. The molecule has 5 nitrogen and oxygen atoms in total. The summed E-state index contributed by atoms with van der Waals surface area (Å²) in [5.41, 5.74) is -0.515. The molecule has 2 fully saturated rings. The Morgan fingerprint density at radius 1 is 1.30 bits per heavy atom. The van der Waals surface area contributed by atoms with E-state index in [9.17, 15) is 4.79 Å². The third kappa shape index (κ3) is 3.51. The molecule has 1 aliphatic carbocycles. The van der Waals surface area contributed by atoms with Crippen LogP contribution in [0.2, 0.25) is 0 Å². The molecule has 1 N–H and O–H groups in total. The zero-order valence-electron chi connectivity index (χ0n) is 13.3. The number of nitrogens with one attached hydrogen (secondary N) is 1. The van der Waals surface area contributed by atoms with Crippen molar-refractivity contribution in [3.8, 4) is 0 Å². The maximum atomic E-state index is 12.5. The normalized spacial score (nSPS) is 24.6. The summed E-state index contributed by atoms with van der Waals surface area (Å²) in [7, 11) is 3.66. The number of carbonyl (C=O) groups excluding carboxylic acids is 1. The second kappa shape index (κ2) is 6.41. The summed E-state index contributed by atoms with van der Waals surface area (Å²) >= 11 is 0. The Balaban J connectivity index is 2.10. The van der Waals surface area contributed by atoms with Crippen molar-refractivity contribution in [2.75, 3.05) is 46.9 Å². The van der Waals surface area contributed by atoms with Gasteiger partial charge in [0.1, 0.15) is 5.54 Å². The fraction of sp³-hybridized carbons (Fsp3) is 0.933. The van der Waals surface area contributed by atoms with Gasteiger partial charge in [-0.2, -0.15) is 0 Å². The average molecular weight is 283 g/mol. The molecule has 0 bridgehead atoms. The molecule has 1 saturated carbocycles. The summed E-state index contributed by atoms with van der Waals surface area (Å²) in [5.74, 6) is 0.338. The van der Waals surface area contributed by atoms with Gasteiger partial charge in [0.15, 0.2) is 0 Å². The van der Waals surface area contributed by atoms with Crippen molar-refractivity contribution in [1.82, 2.24) is 15.1 Å². The minimum atomic E-state index is -0.515. The number of methoxy groups -OCH3 is 1. The second-order valence-corrected chi connectivity index (χ2v) is 6.62. The first-order chi connectivity index (χ1) is 9.48. The van der Waals surface area contributed by atoms with Gasteiger partial charge < -0.3 is 9.64 Å². The summed E-state index contributed by atoms with van der Waals surface area (Å²) in [6, 6.07) is 0.280. The average Bonchev–Trinajstić information content (AvgIpc) is 3.23. The number of nitrogens with zero attached hydrogens (tertiary/aromatic N) is 2. The number of rotatable bonds is 6. The minimum absolute atomic E-state index is 0.0902. The van der Waals surface area contributed by atoms with Gasteiger partial charge in [-0.15, -0.1) is 0 Å². The number of ether oxygens (including phenoxy) is 1. The molecular weight excluding hydrogens is 254 g/mol. The van der Waals surface area contributed by atoms with Crippen LogP contribution in [0.3, 0.4) is 0 Å². The van der Waals surface area contributed by atoms with Gasteiger partial charge in [-0.25, -0.2) is 4.79 Å². The standard InChI is InChI=1S/C15H29N3O2/c1-12(2)16-15(13-5-6-13,14(19)20-4)11-18-9-7-17(3)8-10-18/h12-13,16H,5-11H2,1-4H3. The molecule has 0 radical (unpaired) electrons. The first-order valence-corrected chi connectivity index (χ1v) is 7.75. The van der Waals surface area contributed by atoms with Gasteiger partial charge in [0.2, 0.25) is 0 Å². The molecule has 0 aromatic carbocycles. The van der Waals surface area contributed by atoms with Gasteiger partial charge in [0, 0.05) is 38.8 Å². The number of esters is 1. The predicted octanol–water partition coefficient (Wildman–Crippen LogP) is 0.554. The van der Waals surface area contributed by atoms with Crippen LogP contribution in [0.4, 0.5) is 0 Å². The third-order valence-corrected chi connectivity index (χ3v) is 4.44. The monoisotopic (exact) mass is 283 g/mol. The van der Waals surface area contributed by atoms with E-state index in [0.29, 0.717) is 5.92 Å². The van der Waals surface area contributed by atoms with Crippen LogP contribution in [-0.4, -0.2) is 74.2 Å². The Labute approximate surface area is 122 Å². The Bertz CT molecular complexity index is 336. The van der Waals surface area contributed by atoms with Crippen molar-refractivity contribution < 1.29 is 9.53 Å². The molecule has 5 heteroatoms. The van der Waals surface area contributed by atoms with E-state index in [1.165, 1.54) is 7.11 Å². The lowest BCUT2D eigenvalue weighted by Gasteiger charge is -2.41. The van der Waals surface area contributed by atoms with Crippen LogP contribution >= 0.6 is 0 Å². The Morgan fingerprint density at radius 3 is 2.35 bits per heavy atom. The summed E-state index contributed by atoms with van der Waals surface area (Å²) in [6.45, 7) is 9.18. The van der Waals surface area contributed by atoms with Crippen LogP contribution < -0.4 is 5.32 Å². The predicted molar refractivity (Wildman–Crippen MR) is 79.7 cm³/mol. The van der Waals surface area contributed by atoms with Crippen LogP contribution in [0.5, 0.6) is 0 Å². The van der Waals surface area contributed by atoms with E-state index in [1.807, 2.05) is 0 Å². The fourth-order valence-electron chi connectivity index (χ4n) is 3.21. The lowest BCUT2D eigenvalue weighted by atomic mass is 9.91. The lowest BCUT2D eigenvalue weighted by Crippen LogP contribution is -2.64. The summed E-state index contributed by atoms with van der Waals surface area (Å²) in [5, 5.41) is 3.53. The van der Waals surface area contributed by atoms with E-state index in [2.05, 4.69) is 36.0 Å². The molecule has 2 aliphatic rings. The minimum Gasteiger partial charge on any atom is -0.468 e. The molecule has 0 amide bonds. The summed E-state index contributed by atoms with van der Waals surface area (Å²) in [4.78, 5) is 17.2. The zero-order chi connectivity index (χ0) is 14.8. The highest BCUT2D eigenvalue weighted by Gasteiger charge is 2.53. The largest absolute Gasteiger partial charge is 0.468 e. The van der Waals surface area contributed by atoms with E-state index in [0.717, 1.165) is 45.6 Å². The van der Waals surface area contributed by atoms with Crippen molar-refractivity contribution in [3.05, 3.63) is 0 Å². The van der Waals surface area contributed by atoms with Gasteiger partial charge in [-0.3, -0.25) is 10.2 Å². The molecule has 1 aliphatic heterocycles. The lowest BCUT2D eigenvalue weighted by molar-refractivity contribution is -0.151. The first-order valence-electron chi connectivity index (χ1n) is 7.75. The number of likely N-dealkylation sites (N-methyl/N-ethyl adjacent to an activating group) is 1. The highest BCUT2D eigenvalue weighted by molar-refractivity contribution is 5.82. The van der Waals surface area contributed by atoms with Gasteiger partial charge in [-0.1, -0.05) is 0 Å². The fourth-order valence-corrected chi connectivity index (χ4v) is 3.21. The van der Waals surface area contributed by atoms with Gasteiger partial charge in [-0.05, 0) is 39.7 Å². The van der Waals surface area contributed by atoms with E-state index < -0.39 is 5.54 Å². The number of hydrogen-bond donors (Lipinski definition) is 1. The van der Waals surface area contributed by atoms with E-state index >= 15 is 0 Å². The smallest absolute Gasteiger partial charge is 0.327 e. The van der Waals surface area contributed by atoms with E-state index in [4.69, 9.17) is 4.74 Å². The molecule has 0 aromatic rings. The Morgan fingerprint density at radius 2 is 1.90 bits per heavy atom. The summed E-state index contributed by atoms with van der Waals surface area (Å²) in [6.07, 6.45) is 2.26.